The molecule has 1 atom stereocenters. The largest absolute Gasteiger partial charge is 0.465 e. The molecule has 0 bridgehead atoms. The van der Waals surface area contributed by atoms with Crippen molar-refractivity contribution in [2.75, 3.05) is 13.7 Å². The Morgan fingerprint density at radius 2 is 1.26 bits per heavy atom. The summed E-state index contributed by atoms with van der Waals surface area (Å²) in [5, 5.41) is 3.34. The Balaban J connectivity index is 0.000000530. The second kappa shape index (κ2) is 26.6. The number of esters is 1. The molecule has 3 aromatic rings. The van der Waals surface area contributed by atoms with E-state index in [4.69, 9.17) is 66.6 Å². The average molecular weight is 941 g/mol. The lowest BCUT2D eigenvalue weighted by atomic mass is 8.47. The van der Waals surface area contributed by atoms with E-state index < -0.39 is 67.5 Å². The number of hydrogen-bond donors (Lipinski definition) is 1. The van der Waals surface area contributed by atoms with Crippen molar-refractivity contribution in [2.24, 2.45) is 0 Å². The van der Waals surface area contributed by atoms with Crippen molar-refractivity contribution < 1.29 is 33.4 Å². The van der Waals surface area contributed by atoms with Gasteiger partial charge in [-0.2, -0.15) is 4.90 Å². The van der Waals surface area contributed by atoms with Gasteiger partial charge in [0.2, 0.25) is 0 Å². The van der Waals surface area contributed by atoms with Crippen LogP contribution in [0.2, 0.25) is 0 Å². The van der Waals surface area contributed by atoms with E-state index in [0.29, 0.717) is 33.5 Å². The molecule has 62 heavy (non-hydrogen) atoms. The Bertz CT molecular complexity index is 1920. The predicted octanol–water partition coefficient (Wildman–Crippen LogP) is 2.88. The number of ether oxygens (including phenoxy) is 2. The first-order chi connectivity index (χ1) is 29.1. The van der Waals surface area contributed by atoms with Crippen LogP contribution in [0.25, 0.3) is 0 Å². The van der Waals surface area contributed by atoms with Gasteiger partial charge in [-0.1, -0.05) is 108 Å². The van der Waals surface area contributed by atoms with Crippen LogP contribution >= 0.6 is 31.9 Å². The molecule has 5 rings (SSSR count). The molecule has 2 aliphatic rings. The van der Waals surface area contributed by atoms with Crippen molar-refractivity contribution in [2.45, 2.75) is 71.5 Å². The highest BCUT2D eigenvalue weighted by Crippen LogP contribution is 2.35. The zero-order valence-corrected chi connectivity index (χ0v) is 39.8. The zero-order chi connectivity index (χ0) is 47.7. The van der Waals surface area contributed by atoms with Crippen molar-refractivity contribution in [1.82, 2.24) is 15.1 Å². The summed E-state index contributed by atoms with van der Waals surface area (Å²) in [5.74, 6) is -1.32. The number of fused-ring (bicyclic) bond motifs is 1. The third kappa shape index (κ3) is 15.3. The van der Waals surface area contributed by atoms with Crippen molar-refractivity contribution in [3.8, 4) is 0 Å². The number of carbonyl (C=O) groups is 5. The normalized spacial score (nSPS) is 14.6. The molecule has 10 nitrogen and oxygen atoms in total. The summed E-state index contributed by atoms with van der Waals surface area (Å²) in [6.45, 7) is 13.1. The van der Waals surface area contributed by atoms with Crippen molar-refractivity contribution in [3.05, 3.63) is 105 Å². The van der Waals surface area contributed by atoms with E-state index in [9.17, 15) is 24.0 Å². The number of benzene rings is 3. The summed E-state index contributed by atoms with van der Waals surface area (Å²) in [7, 11) is 45.5. The molecule has 1 unspecified atom stereocenters. The molecule has 1 N–H and O–H groups in total. The molecule has 2 aliphatic heterocycles. The molecule has 26 heteroatoms. The number of imide groups is 3. The third-order valence-electron chi connectivity index (χ3n) is 9.12. The molecule has 3 aromatic carbocycles. The van der Waals surface area contributed by atoms with Crippen LogP contribution in [0.15, 0.2) is 77.3 Å². The maximum atomic E-state index is 13.6. The standard InChI is InChI=1S/C23H22BrN3O5.C9H9BrO2.2C2H6.B14/c1-22(2,3)32-21(31)27-19(29)23(25-20(27)30,15-8-10-16(24)11-9-15)13-26-12-14-6-4-5-7-17(14)18(26)28;1-12-9(11)8-5-3-2-4-7(8)6-10;2*1-2;1-9(2)13(10(3)4)14(11(5)6)12(7)8/h4-11H,12-13H2,1-3H3,(H,25,30);2-5H,6H2,1H3;2*1-2H3;. The summed E-state index contributed by atoms with van der Waals surface area (Å²) in [5.41, 5.74) is 0.887. The fraction of sp³-hybridized carbons (Fsp3) is 0.361. The van der Waals surface area contributed by atoms with E-state index in [1.807, 2.05) is 58.0 Å². The second-order valence-corrected chi connectivity index (χ2v) is 16.0. The van der Waals surface area contributed by atoms with Gasteiger partial charge in [-0.05, 0) is 61.7 Å². The Kier molecular flexibility index (Phi) is 24.4. The summed E-state index contributed by atoms with van der Waals surface area (Å²) in [4.78, 5) is 65.2. The van der Waals surface area contributed by atoms with E-state index in [2.05, 4.69) is 41.9 Å². The van der Waals surface area contributed by atoms with E-state index in [1.54, 1.807) is 63.2 Å². The molecular weight excluding hydrogens is 898 g/mol. The maximum absolute atomic E-state index is 13.6. The van der Waals surface area contributed by atoms with Crippen molar-refractivity contribution in [3.63, 3.8) is 0 Å². The summed E-state index contributed by atoms with van der Waals surface area (Å²) in [6.07, 6.45) is -5.14. The molecule has 0 spiro atoms. The van der Waals surface area contributed by atoms with Crippen LogP contribution < -0.4 is 5.32 Å². The van der Waals surface area contributed by atoms with E-state index in [-0.39, 0.29) is 18.4 Å². The number of rotatable bonds is 10. The minimum atomic E-state index is -1.63. The number of urea groups is 1. The zero-order valence-electron chi connectivity index (χ0n) is 36.6. The van der Waals surface area contributed by atoms with Crippen LogP contribution in [0.3, 0.4) is 0 Å². The first kappa shape index (κ1) is 56.9. The Morgan fingerprint density at radius 1 is 0.774 bits per heavy atom. The van der Waals surface area contributed by atoms with Gasteiger partial charge in [-0.25, -0.2) is 14.4 Å². The molecule has 0 aromatic heterocycles. The van der Waals surface area contributed by atoms with Gasteiger partial charge in [0.05, 0.1) is 19.2 Å². The summed E-state index contributed by atoms with van der Waals surface area (Å²) in [6, 6.07) is 20.5. The van der Waals surface area contributed by atoms with Crippen LogP contribution in [0.4, 0.5) is 9.59 Å². The first-order valence-corrected chi connectivity index (χ1v) is 21.8. The van der Waals surface area contributed by atoms with E-state index in [1.165, 1.54) is 12.0 Å². The van der Waals surface area contributed by atoms with Crippen LogP contribution in [0.5, 0.6) is 0 Å². The Morgan fingerprint density at radius 3 is 1.71 bits per heavy atom. The molecule has 300 valence electrons. The van der Waals surface area contributed by atoms with Crippen molar-refractivity contribution in [1.29, 1.82) is 0 Å². The quantitative estimate of drug-likeness (QED) is 0.144. The number of amides is 5. The van der Waals surface area contributed by atoms with Crippen LogP contribution in [-0.2, 0) is 31.7 Å². The molecule has 2 heterocycles. The van der Waals surface area contributed by atoms with E-state index in [0.717, 1.165) is 15.6 Å². The predicted molar refractivity (Wildman–Crippen MR) is 272 cm³/mol. The minimum absolute atomic E-state index is 0.133. The lowest BCUT2D eigenvalue weighted by Gasteiger charge is -2.34. The molecule has 5 amide bonds. The van der Waals surface area contributed by atoms with Gasteiger partial charge >= 0.3 is 18.1 Å². The third-order valence-corrected chi connectivity index (χ3v) is 10.3. The van der Waals surface area contributed by atoms with Gasteiger partial charge in [0.15, 0.2) is 5.54 Å². The lowest BCUT2D eigenvalue weighted by Crippen LogP contribution is -2.72. The lowest BCUT2D eigenvalue weighted by molar-refractivity contribution is -0.131. The molecule has 0 aliphatic carbocycles. The Labute approximate surface area is 398 Å². The van der Waals surface area contributed by atoms with Gasteiger partial charge in [0.25, 0.3) is 11.8 Å². The summed E-state index contributed by atoms with van der Waals surface area (Å²) >= 11 is 6.66. The van der Waals surface area contributed by atoms with Crippen LogP contribution in [-0.4, -0.2) is 159 Å². The number of methoxy groups -OCH3 is 1. The minimum Gasteiger partial charge on any atom is -0.465 e. The first-order valence-electron chi connectivity index (χ1n) is 19.9. The van der Waals surface area contributed by atoms with Gasteiger partial charge in [0.1, 0.15) is 5.60 Å². The van der Waals surface area contributed by atoms with Gasteiger partial charge in [-0.3, -0.25) is 9.59 Å². The number of nitrogens with zero attached hydrogens (tertiary/aromatic N) is 2. The van der Waals surface area contributed by atoms with E-state index >= 15 is 0 Å². The fourth-order valence-corrected chi connectivity index (χ4v) is 7.14. The smallest absolute Gasteiger partial charge is 0.425 e. The van der Waals surface area contributed by atoms with Gasteiger partial charge in [-0.15, -0.1) is 0 Å². The number of nitrogens with one attached hydrogen (secondary N) is 1. The number of halogens is 2. The highest BCUT2D eigenvalue weighted by molar-refractivity contribution is 9.10. The fourth-order valence-electron chi connectivity index (χ4n) is 6.39. The molecule has 1 fully saturated rings. The Hall–Kier alpha value is -3.12. The van der Waals surface area contributed by atoms with Crippen LogP contribution in [0.1, 0.15) is 85.9 Å². The average Bonchev–Trinajstić information content (AvgIpc) is 3.67. The highest BCUT2D eigenvalue weighted by Gasteiger charge is 2.57. The monoisotopic (exact) mass is 941 g/mol. The summed E-state index contributed by atoms with van der Waals surface area (Å²) < 4.78 is 10.7. The second-order valence-electron chi connectivity index (χ2n) is 14.5. The number of hydrogen-bond acceptors (Lipinski definition) is 7. The topological polar surface area (TPSA) is 122 Å². The molecule has 1 saturated heterocycles. The van der Waals surface area contributed by atoms with Gasteiger partial charge in [0, 0.05) is 122 Å². The van der Waals surface area contributed by atoms with Crippen molar-refractivity contribution >= 4 is 162 Å². The molecule has 0 saturated carbocycles. The highest BCUT2D eigenvalue weighted by atomic mass is 79.9. The number of alkyl halides is 1. The van der Waals surface area contributed by atoms with Crippen LogP contribution in [0, 0.1) is 0 Å². The number of carbonyl (C=O) groups excluding carboxylic acids is 5. The molecule has 16 radical (unpaired) electrons. The molecular formula is C36H43B14Br2N3O7. The SMILES string of the molecule is CC.CC.CC(C)(C)OC(=O)N1C(=O)NC(CN2Cc3ccccc3C2=O)(c2ccc(Br)cc2)C1=O.COC(=O)c1ccccc1CBr.[B]B([B])B(B([B])[B])B(B([B])[B])B([B])[B]. The maximum Gasteiger partial charge on any atom is 0.425 e. The van der Waals surface area contributed by atoms with Gasteiger partial charge < -0.3 is 19.7 Å².